The van der Waals surface area contributed by atoms with Gasteiger partial charge in [-0.1, -0.05) is 23.2 Å². The fraction of sp³-hybridized carbons (Fsp3) is 0.462. The number of piperidine rings is 1. The first kappa shape index (κ1) is 16.5. The van der Waals surface area contributed by atoms with E-state index in [1.807, 2.05) is 0 Å². The second kappa shape index (κ2) is 6.52. The molecular formula is C13H15Cl2NO4S. The number of nitrogens with zero attached hydrogens (tertiary/aromatic N) is 1. The minimum atomic E-state index is -3.73. The molecule has 21 heavy (non-hydrogen) atoms. The number of esters is 1. The van der Waals surface area contributed by atoms with Crippen LogP contribution in [0, 0.1) is 5.92 Å². The molecular weight excluding hydrogens is 337 g/mol. The molecule has 1 aromatic rings. The van der Waals surface area contributed by atoms with E-state index in [0.29, 0.717) is 19.4 Å². The van der Waals surface area contributed by atoms with E-state index in [9.17, 15) is 13.2 Å². The normalized spacial score (nSPS) is 20.2. The van der Waals surface area contributed by atoms with Crippen molar-refractivity contribution in [3.8, 4) is 0 Å². The zero-order chi connectivity index (χ0) is 15.6. The van der Waals surface area contributed by atoms with Crippen molar-refractivity contribution in [2.24, 2.45) is 5.92 Å². The second-order valence-electron chi connectivity index (χ2n) is 4.83. The van der Waals surface area contributed by atoms with Crippen LogP contribution < -0.4 is 0 Å². The summed E-state index contributed by atoms with van der Waals surface area (Å²) in [7, 11) is -2.43. The first-order chi connectivity index (χ1) is 9.84. The Morgan fingerprint density at radius 2 is 1.90 bits per heavy atom. The predicted octanol–water partition coefficient (Wildman–Crippen LogP) is 2.57. The summed E-state index contributed by atoms with van der Waals surface area (Å²) in [5, 5.41) is 0.505. The lowest BCUT2D eigenvalue weighted by Gasteiger charge is -2.30. The van der Waals surface area contributed by atoms with Crippen LogP contribution in [0.5, 0.6) is 0 Å². The number of carbonyl (C=O) groups is 1. The highest BCUT2D eigenvalue weighted by Gasteiger charge is 2.34. The Hall–Kier alpha value is -0.820. The number of ether oxygens (including phenoxy) is 1. The standard InChI is InChI=1S/C13H15Cl2NO4S/c1-20-13(17)9-3-2-4-16(8-9)21(18,19)12-6-10(14)5-11(15)7-12/h5-7,9H,2-4,8H2,1H3/t9-/m0/s1. The summed E-state index contributed by atoms with van der Waals surface area (Å²) in [5.41, 5.74) is 0. The molecule has 1 saturated heterocycles. The maximum Gasteiger partial charge on any atom is 0.309 e. The van der Waals surface area contributed by atoms with Gasteiger partial charge in [-0.3, -0.25) is 4.79 Å². The smallest absolute Gasteiger partial charge is 0.309 e. The maximum atomic E-state index is 12.6. The summed E-state index contributed by atoms with van der Waals surface area (Å²) < 4.78 is 31.2. The Kier molecular flexibility index (Phi) is 5.14. The summed E-state index contributed by atoms with van der Waals surface area (Å²) in [5.74, 6) is -0.827. The summed E-state index contributed by atoms with van der Waals surface area (Å²) in [6.45, 7) is 0.471. The third-order valence-corrected chi connectivity index (χ3v) is 5.67. The quantitative estimate of drug-likeness (QED) is 0.785. The molecule has 0 saturated carbocycles. The van der Waals surface area contributed by atoms with Gasteiger partial charge in [0.25, 0.3) is 0 Å². The molecule has 2 rings (SSSR count). The molecule has 1 aliphatic rings. The Balaban J connectivity index is 2.28. The van der Waals surface area contributed by atoms with Crippen LogP contribution >= 0.6 is 23.2 Å². The Bertz CT molecular complexity index is 627. The zero-order valence-electron chi connectivity index (χ0n) is 11.4. The van der Waals surface area contributed by atoms with Crippen molar-refractivity contribution >= 4 is 39.2 Å². The van der Waals surface area contributed by atoms with Gasteiger partial charge in [0.2, 0.25) is 10.0 Å². The van der Waals surface area contributed by atoms with Gasteiger partial charge in [0, 0.05) is 23.1 Å². The van der Waals surface area contributed by atoms with Crippen LogP contribution in [0.15, 0.2) is 23.1 Å². The van der Waals surface area contributed by atoms with Crippen molar-refractivity contribution in [1.29, 1.82) is 0 Å². The summed E-state index contributed by atoms with van der Waals surface area (Å²) in [4.78, 5) is 11.6. The average molecular weight is 352 g/mol. The number of sulfonamides is 1. The van der Waals surface area contributed by atoms with Crippen LogP contribution in [0.3, 0.4) is 0 Å². The lowest BCUT2D eigenvalue weighted by Crippen LogP contribution is -2.42. The van der Waals surface area contributed by atoms with Gasteiger partial charge in [0.05, 0.1) is 17.9 Å². The highest BCUT2D eigenvalue weighted by atomic mass is 35.5. The van der Waals surface area contributed by atoms with Crippen LogP contribution in [-0.2, 0) is 19.6 Å². The van der Waals surface area contributed by atoms with Crippen LogP contribution in [0.4, 0.5) is 0 Å². The highest BCUT2D eigenvalue weighted by Crippen LogP contribution is 2.28. The van der Waals surface area contributed by atoms with Crippen LogP contribution in [0.1, 0.15) is 12.8 Å². The molecule has 0 spiro atoms. The van der Waals surface area contributed by atoms with Crippen molar-refractivity contribution in [3.05, 3.63) is 28.2 Å². The van der Waals surface area contributed by atoms with E-state index in [1.54, 1.807) is 0 Å². The van der Waals surface area contributed by atoms with Gasteiger partial charge in [-0.15, -0.1) is 0 Å². The van der Waals surface area contributed by atoms with Gasteiger partial charge in [0.1, 0.15) is 0 Å². The first-order valence-corrected chi connectivity index (χ1v) is 8.58. The minimum Gasteiger partial charge on any atom is -0.469 e. The molecule has 0 bridgehead atoms. The van der Waals surface area contributed by atoms with E-state index in [-0.39, 0.29) is 27.5 Å². The molecule has 0 N–H and O–H groups in total. The Morgan fingerprint density at radius 3 is 2.48 bits per heavy atom. The van der Waals surface area contributed by atoms with E-state index >= 15 is 0 Å². The van der Waals surface area contributed by atoms with Crippen molar-refractivity contribution in [1.82, 2.24) is 4.31 Å². The number of rotatable bonds is 3. The largest absolute Gasteiger partial charge is 0.469 e. The van der Waals surface area contributed by atoms with Gasteiger partial charge in [0.15, 0.2) is 0 Å². The molecule has 0 unspecified atom stereocenters. The number of hydrogen-bond donors (Lipinski definition) is 0. The molecule has 5 nitrogen and oxygen atoms in total. The molecule has 1 fully saturated rings. The van der Waals surface area contributed by atoms with Gasteiger partial charge >= 0.3 is 5.97 Å². The lowest BCUT2D eigenvalue weighted by molar-refractivity contribution is -0.146. The Labute approximate surface area is 133 Å². The van der Waals surface area contributed by atoms with Crippen LogP contribution in [-0.4, -0.2) is 38.9 Å². The maximum absolute atomic E-state index is 12.6. The van der Waals surface area contributed by atoms with Crippen molar-refractivity contribution in [2.75, 3.05) is 20.2 Å². The van der Waals surface area contributed by atoms with E-state index in [2.05, 4.69) is 0 Å². The van der Waals surface area contributed by atoms with Crippen LogP contribution in [0.25, 0.3) is 0 Å². The van der Waals surface area contributed by atoms with E-state index in [0.717, 1.165) is 0 Å². The molecule has 0 amide bonds. The highest BCUT2D eigenvalue weighted by molar-refractivity contribution is 7.89. The molecule has 8 heteroatoms. The summed E-state index contributed by atoms with van der Waals surface area (Å²) in [6.07, 6.45) is 1.22. The van der Waals surface area contributed by atoms with Crippen LogP contribution in [0.2, 0.25) is 10.0 Å². The van der Waals surface area contributed by atoms with Gasteiger partial charge in [-0.05, 0) is 31.0 Å². The van der Waals surface area contributed by atoms with Gasteiger partial charge < -0.3 is 4.74 Å². The number of carbonyl (C=O) groups excluding carboxylic acids is 1. The number of halogens is 2. The molecule has 116 valence electrons. The molecule has 0 radical (unpaired) electrons. The zero-order valence-corrected chi connectivity index (χ0v) is 13.7. The SMILES string of the molecule is COC(=O)[C@H]1CCCN(S(=O)(=O)c2cc(Cl)cc(Cl)c2)C1. The van der Waals surface area contributed by atoms with Crippen molar-refractivity contribution in [3.63, 3.8) is 0 Å². The topological polar surface area (TPSA) is 63.7 Å². The summed E-state index contributed by atoms with van der Waals surface area (Å²) in [6, 6.07) is 4.17. The molecule has 1 heterocycles. The fourth-order valence-corrected chi connectivity index (χ4v) is 4.60. The monoisotopic (exact) mass is 351 g/mol. The Morgan fingerprint density at radius 1 is 1.29 bits per heavy atom. The summed E-state index contributed by atoms with van der Waals surface area (Å²) >= 11 is 11.7. The third-order valence-electron chi connectivity index (χ3n) is 3.39. The fourth-order valence-electron chi connectivity index (χ4n) is 2.35. The molecule has 0 aliphatic carbocycles. The van der Waals surface area contributed by atoms with E-state index < -0.39 is 15.9 Å². The lowest BCUT2D eigenvalue weighted by atomic mass is 10.0. The first-order valence-electron chi connectivity index (χ1n) is 6.38. The average Bonchev–Trinajstić information content (AvgIpc) is 2.45. The van der Waals surface area contributed by atoms with E-state index in [4.69, 9.17) is 27.9 Å². The molecule has 1 atom stereocenters. The number of methoxy groups -OCH3 is 1. The number of hydrogen-bond acceptors (Lipinski definition) is 4. The van der Waals surface area contributed by atoms with Crippen molar-refractivity contribution in [2.45, 2.75) is 17.7 Å². The second-order valence-corrected chi connectivity index (χ2v) is 7.64. The third kappa shape index (κ3) is 3.69. The minimum absolute atomic E-state index is 0.0329. The van der Waals surface area contributed by atoms with Gasteiger partial charge in [-0.2, -0.15) is 4.31 Å². The van der Waals surface area contributed by atoms with Crippen molar-refractivity contribution < 1.29 is 17.9 Å². The van der Waals surface area contributed by atoms with E-state index in [1.165, 1.54) is 29.6 Å². The predicted molar refractivity (Wildman–Crippen MR) is 80.0 cm³/mol. The molecule has 0 aromatic heterocycles. The van der Waals surface area contributed by atoms with Gasteiger partial charge in [-0.25, -0.2) is 8.42 Å². The number of benzene rings is 1. The molecule has 1 aliphatic heterocycles. The molecule has 1 aromatic carbocycles.